The van der Waals surface area contributed by atoms with E-state index in [1.165, 1.54) is 0 Å². The SMILES string of the molecule is CB([O-])[O-].[CH-]=c1ccccc1=[CH-].[CH3-].[CH3-].[Mg+2].[Mg+2].[Y]. The molecule has 0 aliphatic heterocycles. The van der Waals surface area contributed by atoms with E-state index in [1.54, 1.807) is 12.1 Å². The molecule has 6 heteroatoms. The van der Waals surface area contributed by atoms with Crippen molar-refractivity contribution in [3.8, 4) is 0 Å². The molecular weight excluding hydrogens is 312 g/mol. The summed E-state index contributed by atoms with van der Waals surface area (Å²) in [5.74, 6) is 0. The van der Waals surface area contributed by atoms with Crippen LogP contribution in [0, 0.1) is 14.9 Å². The summed E-state index contributed by atoms with van der Waals surface area (Å²) in [5.41, 5.74) is 0. The predicted octanol–water partition coefficient (Wildman–Crippen LogP) is -1.78. The molecule has 1 aromatic rings. The molecule has 1 rings (SSSR count). The Morgan fingerprint density at radius 2 is 1.12 bits per heavy atom. The van der Waals surface area contributed by atoms with Crippen molar-refractivity contribution in [3.05, 3.63) is 49.6 Å². The molecule has 0 aliphatic rings. The van der Waals surface area contributed by atoms with Gasteiger partial charge in [0.15, 0.2) is 0 Å². The molecule has 0 bridgehead atoms. The van der Waals surface area contributed by atoms with Gasteiger partial charge in [-0.2, -0.15) is 0 Å². The fourth-order valence-electron chi connectivity index (χ4n) is 0.511. The van der Waals surface area contributed by atoms with Crippen molar-refractivity contribution in [2.75, 3.05) is 0 Å². The van der Waals surface area contributed by atoms with E-state index in [1.807, 2.05) is 12.1 Å². The topological polar surface area (TPSA) is 46.1 Å². The Hall–Kier alpha value is 1.58. The molecule has 0 unspecified atom stereocenters. The molecule has 0 fully saturated rings. The Morgan fingerprint density at radius 1 is 0.941 bits per heavy atom. The minimum Gasteiger partial charge on any atom is -0.893 e. The number of benzene rings is 1. The van der Waals surface area contributed by atoms with Crippen LogP contribution in [0.15, 0.2) is 24.3 Å². The van der Waals surface area contributed by atoms with E-state index in [9.17, 15) is 0 Å². The summed E-state index contributed by atoms with van der Waals surface area (Å²) < 4.78 is 0. The van der Waals surface area contributed by atoms with E-state index in [0.717, 1.165) is 6.82 Å². The molecule has 0 saturated carbocycles. The van der Waals surface area contributed by atoms with Crippen molar-refractivity contribution < 1.29 is 42.8 Å². The van der Waals surface area contributed by atoms with Crippen LogP contribution >= 0.6 is 0 Å². The van der Waals surface area contributed by atoms with Crippen molar-refractivity contribution in [1.82, 2.24) is 0 Å². The van der Waals surface area contributed by atoms with Crippen molar-refractivity contribution >= 4 is 66.4 Å². The van der Waals surface area contributed by atoms with Crippen LogP contribution in [-0.4, -0.2) is 53.2 Å². The first-order valence-electron chi connectivity index (χ1n) is 3.45. The summed E-state index contributed by atoms with van der Waals surface area (Å²) >= 11 is 0. The zero-order valence-electron chi connectivity index (χ0n) is 10.8. The second-order valence-electron chi connectivity index (χ2n) is 2.20. The molecule has 0 amide bonds. The number of hydrogen-bond acceptors (Lipinski definition) is 2. The molecule has 17 heavy (non-hydrogen) atoms. The van der Waals surface area contributed by atoms with Gasteiger partial charge in [0.25, 0.3) is 0 Å². The monoisotopic (exact) mass is 327 g/mol. The largest absolute Gasteiger partial charge is 2.00 e. The summed E-state index contributed by atoms with van der Waals surface area (Å²) in [6.07, 6.45) is 0. The van der Waals surface area contributed by atoms with Crippen molar-refractivity contribution in [1.29, 1.82) is 0 Å². The van der Waals surface area contributed by atoms with E-state index < -0.39 is 7.12 Å². The van der Waals surface area contributed by atoms with Gasteiger partial charge in [0.05, 0.1) is 0 Å². The number of rotatable bonds is 0. The fourth-order valence-corrected chi connectivity index (χ4v) is 0.511. The standard InChI is InChI=1S/C8H6.CH3BO2.2CH3.2Mg.Y/c1-7-5-3-4-6-8(7)2;1-2(3)4;;;;;/h1-6H;1H3;2*1H3;;;/q2*-2;2*-1;2*+2;. The van der Waals surface area contributed by atoms with Gasteiger partial charge in [-0.1, -0.05) is 0 Å². The molecule has 0 atom stereocenters. The summed E-state index contributed by atoms with van der Waals surface area (Å²) in [7, 11) is -1.67. The molecule has 0 aromatic heterocycles. The van der Waals surface area contributed by atoms with Crippen LogP contribution in [0.3, 0.4) is 0 Å². The van der Waals surface area contributed by atoms with Crippen molar-refractivity contribution in [2.24, 2.45) is 0 Å². The Bertz CT molecular complexity index is 292. The van der Waals surface area contributed by atoms with Crippen LogP contribution in [0.5, 0.6) is 0 Å². The Labute approximate surface area is 163 Å². The van der Waals surface area contributed by atoms with Gasteiger partial charge >= 0.3 is 46.1 Å². The average Bonchev–Trinajstić information content (AvgIpc) is 1.94. The maximum atomic E-state index is 8.97. The van der Waals surface area contributed by atoms with Crippen LogP contribution < -0.4 is 20.5 Å². The van der Waals surface area contributed by atoms with Gasteiger partial charge in [-0.3, -0.25) is 13.2 Å². The van der Waals surface area contributed by atoms with Gasteiger partial charge in [-0.25, -0.2) is 12.1 Å². The van der Waals surface area contributed by atoms with Crippen LogP contribution in [0.2, 0.25) is 6.82 Å². The molecule has 2 nitrogen and oxygen atoms in total. The Kier molecular flexibility index (Phi) is 48.5. The van der Waals surface area contributed by atoms with Crippen LogP contribution in [0.1, 0.15) is 0 Å². The van der Waals surface area contributed by atoms with Crippen molar-refractivity contribution in [3.63, 3.8) is 0 Å². The molecule has 0 N–H and O–H groups in total. The zero-order chi connectivity index (χ0) is 9.56. The van der Waals surface area contributed by atoms with E-state index in [4.69, 9.17) is 23.2 Å². The molecule has 1 aromatic carbocycles. The molecular formula is C11H15BMg2O2Y-2. The Morgan fingerprint density at radius 3 is 1.24 bits per heavy atom. The molecule has 83 valence electrons. The minimum atomic E-state index is -1.67. The molecule has 1 radical (unpaired) electrons. The van der Waals surface area contributed by atoms with E-state index >= 15 is 0 Å². The smallest absolute Gasteiger partial charge is 0.893 e. The minimum absolute atomic E-state index is 0. The third-order valence-corrected chi connectivity index (χ3v) is 0.996. The number of hydrogen-bond donors (Lipinski definition) is 0. The first kappa shape index (κ1) is 36.3. The van der Waals surface area contributed by atoms with Gasteiger partial charge in [0.2, 0.25) is 0 Å². The molecule has 0 spiro atoms. The quantitative estimate of drug-likeness (QED) is 0.418. The Balaban J connectivity index is -0.0000000308. The fraction of sp³-hybridized carbons (Fsp3) is 0.0909. The summed E-state index contributed by atoms with van der Waals surface area (Å²) in [6, 6.07) is 7.25. The normalized spacial score (nSPS) is 5.82. The zero-order valence-corrected chi connectivity index (χ0v) is 16.5. The van der Waals surface area contributed by atoms with E-state index in [0.29, 0.717) is 10.4 Å². The third kappa shape index (κ3) is 27.0. The van der Waals surface area contributed by atoms with Crippen LogP contribution in [0.25, 0.3) is 13.2 Å². The third-order valence-electron chi connectivity index (χ3n) is 0.996. The first-order chi connectivity index (χ1) is 5.54. The van der Waals surface area contributed by atoms with E-state index in [2.05, 4.69) is 0 Å². The van der Waals surface area contributed by atoms with Crippen LogP contribution in [-0.2, 0) is 32.7 Å². The molecule has 0 aliphatic carbocycles. The second-order valence-corrected chi connectivity index (χ2v) is 2.20. The molecule has 0 heterocycles. The summed E-state index contributed by atoms with van der Waals surface area (Å²) in [6.45, 7) is 11.8. The second kappa shape index (κ2) is 22.7. The van der Waals surface area contributed by atoms with Gasteiger partial charge in [-0.15, -0.1) is 26.1 Å². The van der Waals surface area contributed by atoms with Gasteiger partial charge in [0, 0.05) is 32.7 Å². The molecule has 0 saturated heterocycles. The van der Waals surface area contributed by atoms with E-state index in [-0.39, 0.29) is 93.7 Å². The van der Waals surface area contributed by atoms with Gasteiger partial charge in [-0.05, 0) is 0 Å². The summed E-state index contributed by atoms with van der Waals surface area (Å²) in [4.78, 5) is 0. The average molecular weight is 328 g/mol. The van der Waals surface area contributed by atoms with Gasteiger partial charge in [0.1, 0.15) is 0 Å². The summed E-state index contributed by atoms with van der Waals surface area (Å²) in [5, 5.41) is 19.2. The van der Waals surface area contributed by atoms with Gasteiger partial charge < -0.3 is 35.3 Å². The predicted molar refractivity (Wildman–Crippen MR) is 70.6 cm³/mol. The maximum absolute atomic E-state index is 8.97. The van der Waals surface area contributed by atoms with Crippen molar-refractivity contribution in [2.45, 2.75) is 6.82 Å². The van der Waals surface area contributed by atoms with Crippen LogP contribution in [0.4, 0.5) is 0 Å². The first-order valence-corrected chi connectivity index (χ1v) is 3.45. The maximum Gasteiger partial charge on any atom is 2.00 e.